The lowest BCUT2D eigenvalue weighted by molar-refractivity contribution is 1.08. The Morgan fingerprint density at radius 3 is 1.43 bits per heavy atom. The lowest BCUT2D eigenvalue weighted by Gasteiger charge is -2.14. The van der Waals surface area contributed by atoms with Crippen LogP contribution in [-0.4, -0.2) is 19.1 Å². The molecule has 0 saturated heterocycles. The minimum atomic E-state index is 0.810. The SMILES string of the molecule is c1ccc(-c2ccc(-n3c4ccccc4c4c5c6ccccc6n(-c6nc7cc(-c8ccccc8)ccc7nc6-c6ccccc6)c5ccc43)cc2)cc1. The van der Waals surface area contributed by atoms with Gasteiger partial charge in [0.1, 0.15) is 5.69 Å². The Morgan fingerprint density at radius 2 is 0.796 bits per heavy atom. The molecule has 0 atom stereocenters. The van der Waals surface area contributed by atoms with Crippen LogP contribution >= 0.6 is 0 Å². The van der Waals surface area contributed by atoms with Gasteiger partial charge in [0.25, 0.3) is 0 Å². The van der Waals surface area contributed by atoms with Crippen LogP contribution in [0.5, 0.6) is 0 Å². The van der Waals surface area contributed by atoms with Crippen molar-refractivity contribution in [1.82, 2.24) is 19.1 Å². The summed E-state index contributed by atoms with van der Waals surface area (Å²) in [7, 11) is 0. The van der Waals surface area contributed by atoms with E-state index in [0.717, 1.165) is 56.0 Å². The maximum atomic E-state index is 5.50. The Hall–Kier alpha value is -7.30. The van der Waals surface area contributed by atoms with Gasteiger partial charge in [0.05, 0.1) is 33.1 Å². The molecule has 8 aromatic carbocycles. The molecule has 0 aliphatic carbocycles. The van der Waals surface area contributed by atoms with Crippen molar-refractivity contribution >= 4 is 54.6 Å². The molecule has 11 aromatic rings. The van der Waals surface area contributed by atoms with E-state index in [2.05, 4.69) is 191 Å². The topological polar surface area (TPSA) is 35.6 Å². The van der Waals surface area contributed by atoms with Crippen molar-refractivity contribution in [2.45, 2.75) is 0 Å². The minimum Gasteiger partial charge on any atom is -0.309 e. The molecule has 0 fully saturated rings. The molecule has 54 heavy (non-hydrogen) atoms. The molecule has 3 heterocycles. The summed E-state index contributed by atoms with van der Waals surface area (Å²) in [5.41, 5.74) is 13.9. The van der Waals surface area contributed by atoms with E-state index >= 15 is 0 Å². The largest absolute Gasteiger partial charge is 0.309 e. The van der Waals surface area contributed by atoms with Crippen molar-refractivity contribution in [3.63, 3.8) is 0 Å². The molecular weight excluding hydrogens is 657 g/mol. The second-order valence-electron chi connectivity index (χ2n) is 13.8. The first-order valence-corrected chi connectivity index (χ1v) is 18.3. The molecule has 0 radical (unpaired) electrons. The van der Waals surface area contributed by atoms with Gasteiger partial charge in [-0.25, -0.2) is 9.97 Å². The Bertz CT molecular complexity index is 3180. The number of rotatable bonds is 5. The highest BCUT2D eigenvalue weighted by Gasteiger charge is 2.23. The van der Waals surface area contributed by atoms with Crippen molar-refractivity contribution in [2.24, 2.45) is 0 Å². The van der Waals surface area contributed by atoms with Gasteiger partial charge in [0.15, 0.2) is 5.82 Å². The summed E-state index contributed by atoms with van der Waals surface area (Å²) in [6, 6.07) is 68.9. The first-order valence-electron chi connectivity index (χ1n) is 18.3. The third-order valence-electron chi connectivity index (χ3n) is 10.7. The molecule has 252 valence electrons. The average molecular weight is 689 g/mol. The molecule has 0 spiro atoms. The maximum Gasteiger partial charge on any atom is 0.165 e. The van der Waals surface area contributed by atoms with Crippen molar-refractivity contribution in [3.8, 4) is 45.0 Å². The average Bonchev–Trinajstić information content (AvgIpc) is 3.77. The quantitative estimate of drug-likeness (QED) is 0.180. The number of fused-ring (bicyclic) bond motifs is 8. The molecule has 0 aliphatic rings. The van der Waals surface area contributed by atoms with E-state index in [1.165, 1.54) is 43.7 Å². The van der Waals surface area contributed by atoms with Crippen LogP contribution in [0.25, 0.3) is 99.7 Å². The van der Waals surface area contributed by atoms with E-state index in [4.69, 9.17) is 9.97 Å². The first-order chi connectivity index (χ1) is 26.8. The van der Waals surface area contributed by atoms with Crippen molar-refractivity contribution in [2.75, 3.05) is 0 Å². The monoisotopic (exact) mass is 688 g/mol. The van der Waals surface area contributed by atoms with Gasteiger partial charge in [0.2, 0.25) is 0 Å². The summed E-state index contributed by atoms with van der Waals surface area (Å²) >= 11 is 0. The van der Waals surface area contributed by atoms with Gasteiger partial charge in [-0.3, -0.25) is 4.57 Å². The van der Waals surface area contributed by atoms with Gasteiger partial charge < -0.3 is 4.57 Å². The fourth-order valence-electron chi connectivity index (χ4n) is 8.26. The number of hydrogen-bond acceptors (Lipinski definition) is 2. The highest BCUT2D eigenvalue weighted by Crippen LogP contribution is 2.43. The Labute approximate surface area is 311 Å². The zero-order chi connectivity index (χ0) is 35.6. The molecule has 4 nitrogen and oxygen atoms in total. The summed E-state index contributed by atoms with van der Waals surface area (Å²) in [6.45, 7) is 0. The standard InChI is InChI=1S/C50H32N4/c1-4-14-33(15-5-1)35-24-27-38(28-25-35)53-43-22-12-10-20-39(43)47-45(53)30-31-46-48(47)40-21-11-13-23-44(40)54(46)50-49(36-18-8-3-9-19-36)51-41-29-26-37(32-42(41)52-50)34-16-6-2-7-17-34/h1-32H. The van der Waals surface area contributed by atoms with Crippen molar-refractivity contribution in [1.29, 1.82) is 0 Å². The molecule has 0 N–H and O–H groups in total. The van der Waals surface area contributed by atoms with Gasteiger partial charge in [-0.1, -0.05) is 146 Å². The van der Waals surface area contributed by atoms with Crippen molar-refractivity contribution in [3.05, 3.63) is 194 Å². The number of benzene rings is 8. The Balaban J connectivity index is 1.20. The van der Waals surface area contributed by atoms with Crippen LogP contribution in [0.1, 0.15) is 0 Å². The number of hydrogen-bond donors (Lipinski definition) is 0. The molecule has 0 aliphatic heterocycles. The van der Waals surface area contributed by atoms with E-state index in [9.17, 15) is 0 Å². The molecule has 0 unspecified atom stereocenters. The van der Waals surface area contributed by atoms with E-state index in [0.29, 0.717) is 0 Å². The highest BCUT2D eigenvalue weighted by molar-refractivity contribution is 6.29. The van der Waals surface area contributed by atoms with Gasteiger partial charge in [-0.05, 0) is 70.8 Å². The molecule has 3 aromatic heterocycles. The number of nitrogens with zero attached hydrogens (tertiary/aromatic N) is 4. The molecule has 0 bridgehead atoms. The highest BCUT2D eigenvalue weighted by atomic mass is 15.1. The second kappa shape index (κ2) is 12.1. The van der Waals surface area contributed by atoms with Gasteiger partial charge in [-0.2, -0.15) is 0 Å². The van der Waals surface area contributed by atoms with Crippen LogP contribution in [0, 0.1) is 0 Å². The lowest BCUT2D eigenvalue weighted by atomic mass is 10.0. The van der Waals surface area contributed by atoms with Gasteiger partial charge >= 0.3 is 0 Å². The number of aromatic nitrogens is 4. The lowest BCUT2D eigenvalue weighted by Crippen LogP contribution is -2.04. The smallest absolute Gasteiger partial charge is 0.165 e. The summed E-state index contributed by atoms with van der Waals surface area (Å²) in [4.78, 5) is 10.9. The molecular formula is C50H32N4. The van der Waals surface area contributed by atoms with E-state index in [1.807, 2.05) is 12.1 Å². The van der Waals surface area contributed by atoms with Crippen LogP contribution < -0.4 is 0 Å². The van der Waals surface area contributed by atoms with E-state index in [-0.39, 0.29) is 0 Å². The summed E-state index contributed by atoms with van der Waals surface area (Å²) < 4.78 is 4.73. The van der Waals surface area contributed by atoms with Gasteiger partial charge in [-0.15, -0.1) is 0 Å². The predicted molar refractivity (Wildman–Crippen MR) is 225 cm³/mol. The molecule has 11 rings (SSSR count). The minimum absolute atomic E-state index is 0.810. The van der Waals surface area contributed by atoms with Crippen molar-refractivity contribution < 1.29 is 0 Å². The Morgan fingerprint density at radius 1 is 0.315 bits per heavy atom. The second-order valence-corrected chi connectivity index (χ2v) is 13.8. The fourth-order valence-corrected chi connectivity index (χ4v) is 8.26. The molecule has 0 amide bonds. The zero-order valence-electron chi connectivity index (χ0n) is 29.3. The molecule has 0 saturated carbocycles. The van der Waals surface area contributed by atoms with E-state index in [1.54, 1.807) is 0 Å². The Kier molecular flexibility index (Phi) is 6.82. The van der Waals surface area contributed by atoms with Crippen LogP contribution in [0.2, 0.25) is 0 Å². The van der Waals surface area contributed by atoms with Crippen LogP contribution in [0.15, 0.2) is 194 Å². The normalized spacial score (nSPS) is 11.7. The first kappa shape index (κ1) is 30.3. The fraction of sp³-hybridized carbons (Fsp3) is 0. The third-order valence-corrected chi connectivity index (χ3v) is 10.7. The van der Waals surface area contributed by atoms with Gasteiger partial charge in [0, 0.05) is 32.8 Å². The summed E-state index contributed by atoms with van der Waals surface area (Å²) in [5.74, 6) is 0.810. The summed E-state index contributed by atoms with van der Waals surface area (Å²) in [6.07, 6.45) is 0. The maximum absolute atomic E-state index is 5.50. The third kappa shape index (κ3) is 4.70. The van der Waals surface area contributed by atoms with Crippen LogP contribution in [0.4, 0.5) is 0 Å². The molecule has 4 heteroatoms. The van der Waals surface area contributed by atoms with E-state index < -0.39 is 0 Å². The van der Waals surface area contributed by atoms with Crippen LogP contribution in [0.3, 0.4) is 0 Å². The van der Waals surface area contributed by atoms with Crippen LogP contribution in [-0.2, 0) is 0 Å². The number of para-hydroxylation sites is 2. The summed E-state index contributed by atoms with van der Waals surface area (Å²) in [5, 5.41) is 4.83. The predicted octanol–water partition coefficient (Wildman–Crippen LogP) is 12.8. The zero-order valence-corrected chi connectivity index (χ0v) is 29.3.